The number of alkyl halides is 3. The summed E-state index contributed by atoms with van der Waals surface area (Å²) in [4.78, 5) is 0. The molecule has 15 heavy (non-hydrogen) atoms. The highest BCUT2D eigenvalue weighted by molar-refractivity contribution is 5.41. The first kappa shape index (κ1) is 10.3. The Labute approximate surface area is 84.3 Å². The van der Waals surface area contributed by atoms with Crippen LogP contribution in [0, 0.1) is 0 Å². The van der Waals surface area contributed by atoms with E-state index in [1.165, 1.54) is 6.07 Å². The average molecular weight is 218 g/mol. The lowest BCUT2D eigenvalue weighted by atomic mass is 10.0. The van der Waals surface area contributed by atoms with Gasteiger partial charge in [0.05, 0.1) is 18.3 Å². The van der Waals surface area contributed by atoms with Crippen LogP contribution < -0.4 is 4.74 Å². The number of rotatable bonds is 0. The maximum Gasteiger partial charge on any atom is 0.416 e. The largest absolute Gasteiger partial charge is 0.493 e. The van der Waals surface area contributed by atoms with E-state index in [0.29, 0.717) is 12.0 Å². The smallest absolute Gasteiger partial charge is 0.416 e. The molecule has 1 N–H and O–H groups in total. The molecule has 1 aliphatic heterocycles. The average Bonchev–Trinajstić information content (AvgIpc) is 2.16. The number of hydrogen-bond acceptors (Lipinski definition) is 2. The maximum atomic E-state index is 12.3. The molecular weight excluding hydrogens is 209 g/mol. The van der Waals surface area contributed by atoms with Crippen molar-refractivity contribution in [3.63, 3.8) is 0 Å². The Morgan fingerprint density at radius 1 is 1.33 bits per heavy atom. The zero-order valence-electron chi connectivity index (χ0n) is 7.71. The summed E-state index contributed by atoms with van der Waals surface area (Å²) < 4.78 is 42.1. The molecular formula is C10H9F3O2. The number of benzene rings is 1. The third-order valence-electron chi connectivity index (χ3n) is 2.35. The third kappa shape index (κ3) is 1.92. The van der Waals surface area contributed by atoms with Gasteiger partial charge < -0.3 is 9.84 Å². The fourth-order valence-electron chi connectivity index (χ4n) is 1.55. The Balaban J connectivity index is 2.42. The zero-order chi connectivity index (χ0) is 11.1. The second-order valence-electron chi connectivity index (χ2n) is 3.40. The van der Waals surface area contributed by atoms with Gasteiger partial charge in [-0.25, -0.2) is 0 Å². The minimum atomic E-state index is -4.37. The first-order valence-electron chi connectivity index (χ1n) is 4.50. The van der Waals surface area contributed by atoms with Crippen LogP contribution in [0.15, 0.2) is 18.2 Å². The summed E-state index contributed by atoms with van der Waals surface area (Å²) in [6, 6.07) is 3.15. The monoisotopic (exact) mass is 218 g/mol. The molecule has 0 spiro atoms. The minimum absolute atomic E-state index is 0.128. The molecule has 82 valence electrons. The molecule has 1 aromatic rings. The minimum Gasteiger partial charge on any atom is -0.493 e. The van der Waals surface area contributed by atoms with Crippen LogP contribution in [-0.2, 0) is 6.18 Å². The van der Waals surface area contributed by atoms with E-state index in [1.54, 1.807) is 0 Å². The molecule has 0 saturated heterocycles. The van der Waals surface area contributed by atoms with E-state index < -0.39 is 17.8 Å². The standard InChI is InChI=1S/C10H9F3O2/c11-10(12,13)6-1-2-7-8(14)3-4-15-9(7)5-6/h1-2,5,8,14H,3-4H2/t8-/m0/s1. The first-order valence-corrected chi connectivity index (χ1v) is 4.50. The van der Waals surface area contributed by atoms with Crippen LogP contribution in [0.1, 0.15) is 23.7 Å². The van der Waals surface area contributed by atoms with E-state index in [4.69, 9.17) is 4.74 Å². The fraction of sp³-hybridized carbons (Fsp3) is 0.400. The number of aliphatic hydroxyl groups excluding tert-OH is 1. The molecule has 0 saturated carbocycles. The van der Waals surface area contributed by atoms with Gasteiger partial charge in [-0.05, 0) is 12.1 Å². The molecule has 0 fully saturated rings. The number of ether oxygens (including phenoxy) is 1. The van der Waals surface area contributed by atoms with Crippen LogP contribution in [0.25, 0.3) is 0 Å². The SMILES string of the molecule is O[C@H]1CCOc2cc(C(F)(F)F)ccc21. The van der Waals surface area contributed by atoms with Crippen LogP contribution in [0.2, 0.25) is 0 Å². The van der Waals surface area contributed by atoms with Gasteiger partial charge in [-0.2, -0.15) is 13.2 Å². The van der Waals surface area contributed by atoms with Gasteiger partial charge in [0.25, 0.3) is 0 Å². The van der Waals surface area contributed by atoms with E-state index >= 15 is 0 Å². The van der Waals surface area contributed by atoms with Crippen LogP contribution in [0.4, 0.5) is 13.2 Å². The van der Waals surface area contributed by atoms with E-state index in [-0.39, 0.29) is 12.4 Å². The second kappa shape index (κ2) is 3.41. The van der Waals surface area contributed by atoms with Gasteiger partial charge in [-0.1, -0.05) is 6.07 Å². The fourth-order valence-corrected chi connectivity index (χ4v) is 1.55. The Bertz CT molecular complexity index is 373. The van der Waals surface area contributed by atoms with Crippen molar-refractivity contribution in [3.8, 4) is 5.75 Å². The first-order chi connectivity index (χ1) is 6.98. The van der Waals surface area contributed by atoms with Crippen LogP contribution in [0.5, 0.6) is 5.75 Å². The summed E-state index contributed by atoms with van der Waals surface area (Å²) in [5.74, 6) is 0.128. The molecule has 0 bridgehead atoms. The molecule has 2 nitrogen and oxygen atoms in total. The molecule has 0 unspecified atom stereocenters. The van der Waals surface area contributed by atoms with Crippen LogP contribution in [0.3, 0.4) is 0 Å². The molecule has 1 atom stereocenters. The topological polar surface area (TPSA) is 29.5 Å². The predicted octanol–water partition coefficient (Wildman–Crippen LogP) is 2.52. The highest BCUT2D eigenvalue weighted by Gasteiger charge is 2.32. The molecule has 2 rings (SSSR count). The van der Waals surface area contributed by atoms with Gasteiger partial charge >= 0.3 is 6.18 Å². The van der Waals surface area contributed by atoms with Crippen molar-refractivity contribution in [2.75, 3.05) is 6.61 Å². The van der Waals surface area contributed by atoms with Gasteiger partial charge in [-0.15, -0.1) is 0 Å². The summed E-state index contributed by atoms with van der Waals surface area (Å²) in [6.45, 7) is 0.246. The number of aliphatic hydroxyl groups is 1. The highest BCUT2D eigenvalue weighted by Crippen LogP contribution is 2.37. The Morgan fingerprint density at radius 2 is 2.07 bits per heavy atom. The number of fused-ring (bicyclic) bond motifs is 1. The number of halogens is 3. The highest BCUT2D eigenvalue weighted by atomic mass is 19.4. The molecule has 1 heterocycles. The van der Waals surface area contributed by atoms with Crippen molar-refractivity contribution >= 4 is 0 Å². The van der Waals surface area contributed by atoms with Gasteiger partial charge in [0.15, 0.2) is 0 Å². The van der Waals surface area contributed by atoms with Crippen molar-refractivity contribution in [1.29, 1.82) is 0 Å². The van der Waals surface area contributed by atoms with Crippen molar-refractivity contribution < 1.29 is 23.0 Å². The second-order valence-corrected chi connectivity index (χ2v) is 3.40. The van der Waals surface area contributed by atoms with E-state index in [9.17, 15) is 18.3 Å². The Morgan fingerprint density at radius 3 is 2.73 bits per heavy atom. The van der Waals surface area contributed by atoms with Crippen LogP contribution >= 0.6 is 0 Å². The summed E-state index contributed by atoms with van der Waals surface area (Å²) in [5.41, 5.74) is -0.329. The van der Waals surface area contributed by atoms with E-state index in [2.05, 4.69) is 0 Å². The summed E-state index contributed by atoms with van der Waals surface area (Å²) >= 11 is 0. The molecule has 5 heteroatoms. The molecule has 0 amide bonds. The van der Waals surface area contributed by atoms with Crippen molar-refractivity contribution in [3.05, 3.63) is 29.3 Å². The number of hydrogen-bond donors (Lipinski definition) is 1. The summed E-state index contributed by atoms with van der Waals surface area (Å²) in [5, 5.41) is 9.49. The Hall–Kier alpha value is -1.23. The Kier molecular flexibility index (Phi) is 2.34. The third-order valence-corrected chi connectivity index (χ3v) is 2.35. The van der Waals surface area contributed by atoms with Crippen molar-refractivity contribution in [1.82, 2.24) is 0 Å². The maximum absolute atomic E-state index is 12.3. The molecule has 1 aliphatic rings. The van der Waals surface area contributed by atoms with Gasteiger partial charge in [0.2, 0.25) is 0 Å². The zero-order valence-corrected chi connectivity index (χ0v) is 7.71. The van der Waals surface area contributed by atoms with E-state index in [0.717, 1.165) is 12.1 Å². The van der Waals surface area contributed by atoms with E-state index in [1.807, 2.05) is 0 Å². The lowest BCUT2D eigenvalue weighted by Crippen LogP contribution is -2.15. The quantitative estimate of drug-likeness (QED) is 0.725. The lowest BCUT2D eigenvalue weighted by molar-refractivity contribution is -0.137. The van der Waals surface area contributed by atoms with Gasteiger partial charge in [0.1, 0.15) is 5.75 Å². The molecule has 0 radical (unpaired) electrons. The predicted molar refractivity (Wildman–Crippen MR) is 46.5 cm³/mol. The molecule has 1 aromatic carbocycles. The normalized spacial score (nSPS) is 20.7. The lowest BCUT2D eigenvalue weighted by Gasteiger charge is -2.22. The molecule has 0 aliphatic carbocycles. The van der Waals surface area contributed by atoms with Crippen molar-refractivity contribution in [2.45, 2.75) is 18.7 Å². The van der Waals surface area contributed by atoms with Gasteiger partial charge in [-0.3, -0.25) is 0 Å². The molecule has 0 aromatic heterocycles. The van der Waals surface area contributed by atoms with Crippen molar-refractivity contribution in [2.24, 2.45) is 0 Å². The summed E-state index contributed by atoms with van der Waals surface area (Å²) in [7, 11) is 0. The van der Waals surface area contributed by atoms with Gasteiger partial charge in [0, 0.05) is 12.0 Å². The summed E-state index contributed by atoms with van der Waals surface area (Å²) in [6.07, 6.45) is -4.69. The van der Waals surface area contributed by atoms with Crippen LogP contribution in [-0.4, -0.2) is 11.7 Å².